The monoisotopic (exact) mass is 272 g/mol. The first kappa shape index (κ1) is 15.9. The molecule has 0 bridgehead atoms. The molecule has 0 amide bonds. The lowest BCUT2D eigenvalue weighted by Crippen LogP contribution is -1.94. The molecule has 20 heavy (non-hydrogen) atoms. The van der Waals surface area contributed by atoms with E-state index in [0.29, 0.717) is 5.56 Å². The number of allylic oxidation sites excluding steroid dienone is 4. The van der Waals surface area contributed by atoms with Crippen LogP contribution in [0, 0.1) is 0 Å². The number of carbonyl (C=O) groups is 2. The summed E-state index contributed by atoms with van der Waals surface area (Å²) in [6.45, 7) is 1.53. The predicted molar refractivity (Wildman–Crippen MR) is 80.1 cm³/mol. The van der Waals surface area contributed by atoms with E-state index in [0.717, 1.165) is 25.0 Å². The third-order valence-electron chi connectivity index (χ3n) is 2.74. The average Bonchev–Trinajstić information content (AvgIpc) is 2.45. The number of rotatable bonds is 8. The number of benzene rings is 1. The molecule has 106 valence electrons. The third-order valence-corrected chi connectivity index (χ3v) is 2.74. The first-order valence-electron chi connectivity index (χ1n) is 6.65. The van der Waals surface area contributed by atoms with E-state index in [-0.39, 0.29) is 11.6 Å². The number of methoxy groups -OCH3 is 1. The Balaban J connectivity index is 2.34. The molecule has 1 rings (SSSR count). The van der Waals surface area contributed by atoms with E-state index < -0.39 is 0 Å². The van der Waals surface area contributed by atoms with Gasteiger partial charge in [0.2, 0.25) is 0 Å². The van der Waals surface area contributed by atoms with Gasteiger partial charge in [-0.05, 0) is 62.6 Å². The van der Waals surface area contributed by atoms with Crippen molar-refractivity contribution in [1.82, 2.24) is 0 Å². The van der Waals surface area contributed by atoms with Crippen LogP contribution >= 0.6 is 0 Å². The molecule has 0 unspecified atom stereocenters. The van der Waals surface area contributed by atoms with Gasteiger partial charge in [-0.1, -0.05) is 12.2 Å². The molecule has 0 atom stereocenters. The average molecular weight is 272 g/mol. The fourth-order valence-corrected chi connectivity index (χ4v) is 1.64. The normalized spacial score (nSPS) is 11.1. The van der Waals surface area contributed by atoms with Crippen molar-refractivity contribution in [3.63, 3.8) is 0 Å². The Morgan fingerprint density at radius 3 is 2.20 bits per heavy atom. The minimum atomic E-state index is -0.00747. The summed E-state index contributed by atoms with van der Waals surface area (Å²) >= 11 is 0. The molecule has 0 saturated carbocycles. The van der Waals surface area contributed by atoms with Crippen molar-refractivity contribution >= 4 is 11.6 Å². The maximum atomic E-state index is 11.8. The summed E-state index contributed by atoms with van der Waals surface area (Å²) in [5.74, 6) is 0.796. The lowest BCUT2D eigenvalue weighted by atomic mass is 10.1. The highest BCUT2D eigenvalue weighted by Crippen LogP contribution is 2.12. The SMILES string of the molecule is COc1ccc(C(=O)/C=C/CCC/C=C/C(C)=O)cc1. The van der Waals surface area contributed by atoms with Crippen LogP contribution in [-0.4, -0.2) is 18.7 Å². The molecule has 3 nitrogen and oxygen atoms in total. The molecule has 0 spiro atoms. The van der Waals surface area contributed by atoms with Crippen molar-refractivity contribution in [2.45, 2.75) is 26.2 Å². The lowest BCUT2D eigenvalue weighted by Gasteiger charge is -2.00. The summed E-state index contributed by atoms with van der Waals surface area (Å²) in [5.41, 5.74) is 0.651. The second kappa shape index (κ2) is 8.86. The van der Waals surface area contributed by atoms with E-state index in [2.05, 4.69) is 0 Å². The van der Waals surface area contributed by atoms with Gasteiger partial charge in [0.15, 0.2) is 11.6 Å². The molecular formula is C17H20O3. The molecule has 0 saturated heterocycles. The third kappa shape index (κ3) is 6.14. The number of hydrogen-bond acceptors (Lipinski definition) is 3. The molecule has 0 heterocycles. The number of unbranched alkanes of at least 4 members (excludes halogenated alkanes) is 2. The maximum Gasteiger partial charge on any atom is 0.185 e. The molecule has 0 N–H and O–H groups in total. The van der Waals surface area contributed by atoms with Gasteiger partial charge in [-0.2, -0.15) is 0 Å². The van der Waals surface area contributed by atoms with Crippen LogP contribution in [0.15, 0.2) is 48.6 Å². The van der Waals surface area contributed by atoms with Crippen LogP contribution in [0.5, 0.6) is 5.75 Å². The zero-order chi connectivity index (χ0) is 14.8. The van der Waals surface area contributed by atoms with Gasteiger partial charge in [0, 0.05) is 5.56 Å². The van der Waals surface area contributed by atoms with E-state index in [1.165, 1.54) is 6.92 Å². The van der Waals surface area contributed by atoms with Crippen LogP contribution in [0.3, 0.4) is 0 Å². The summed E-state index contributed by atoms with van der Waals surface area (Å²) in [6, 6.07) is 7.05. The summed E-state index contributed by atoms with van der Waals surface area (Å²) in [6.07, 6.45) is 9.50. The van der Waals surface area contributed by atoms with Gasteiger partial charge in [0.05, 0.1) is 7.11 Å². The van der Waals surface area contributed by atoms with Crippen molar-refractivity contribution < 1.29 is 14.3 Å². The first-order chi connectivity index (χ1) is 9.63. The van der Waals surface area contributed by atoms with Crippen molar-refractivity contribution in [1.29, 1.82) is 0 Å². The predicted octanol–water partition coefficient (Wildman–Crippen LogP) is 3.75. The molecule has 0 radical (unpaired) electrons. The molecule has 0 fully saturated rings. The van der Waals surface area contributed by atoms with Crippen molar-refractivity contribution in [2.75, 3.05) is 7.11 Å². The zero-order valence-corrected chi connectivity index (χ0v) is 12.0. The maximum absolute atomic E-state index is 11.8. The van der Waals surface area contributed by atoms with E-state index in [1.54, 1.807) is 43.5 Å². The fourth-order valence-electron chi connectivity index (χ4n) is 1.64. The molecule has 0 aliphatic carbocycles. The highest BCUT2D eigenvalue weighted by atomic mass is 16.5. The smallest absolute Gasteiger partial charge is 0.185 e. The van der Waals surface area contributed by atoms with Gasteiger partial charge in [0.25, 0.3) is 0 Å². The van der Waals surface area contributed by atoms with Crippen LogP contribution in [0.4, 0.5) is 0 Å². The van der Waals surface area contributed by atoms with Crippen LogP contribution in [0.1, 0.15) is 36.5 Å². The number of carbonyl (C=O) groups excluding carboxylic acids is 2. The molecular weight excluding hydrogens is 252 g/mol. The number of ether oxygens (including phenoxy) is 1. The van der Waals surface area contributed by atoms with Crippen LogP contribution in [0.25, 0.3) is 0 Å². The summed E-state index contributed by atoms with van der Waals surface area (Å²) in [7, 11) is 1.59. The van der Waals surface area contributed by atoms with Gasteiger partial charge in [-0.15, -0.1) is 0 Å². The Hall–Kier alpha value is -2.16. The topological polar surface area (TPSA) is 43.4 Å². The first-order valence-corrected chi connectivity index (χ1v) is 6.65. The Morgan fingerprint density at radius 1 is 1.05 bits per heavy atom. The Labute approximate surface area is 120 Å². The van der Waals surface area contributed by atoms with Crippen molar-refractivity contribution in [3.05, 3.63) is 54.1 Å². The van der Waals surface area contributed by atoms with Crippen molar-refractivity contribution in [2.24, 2.45) is 0 Å². The minimum absolute atomic E-state index is 0.00747. The lowest BCUT2D eigenvalue weighted by molar-refractivity contribution is -0.112. The fraction of sp³-hybridized carbons (Fsp3) is 0.294. The zero-order valence-electron chi connectivity index (χ0n) is 12.0. The Morgan fingerprint density at radius 2 is 1.65 bits per heavy atom. The second-order valence-corrected chi connectivity index (χ2v) is 4.44. The molecule has 1 aromatic rings. The highest BCUT2D eigenvalue weighted by molar-refractivity contribution is 6.04. The quantitative estimate of drug-likeness (QED) is 0.411. The molecule has 0 aromatic heterocycles. The molecule has 0 aliphatic heterocycles. The van der Waals surface area contributed by atoms with Crippen molar-refractivity contribution in [3.8, 4) is 5.75 Å². The van der Waals surface area contributed by atoms with E-state index in [1.807, 2.05) is 12.2 Å². The standard InChI is InChI=1S/C17H20O3/c1-14(18)8-6-4-3-5-7-9-17(19)15-10-12-16(20-2)13-11-15/h6-13H,3-5H2,1-2H3/b8-6+,9-7+. The number of hydrogen-bond donors (Lipinski definition) is 0. The van der Waals surface area contributed by atoms with Gasteiger partial charge in [-0.25, -0.2) is 0 Å². The van der Waals surface area contributed by atoms with E-state index >= 15 is 0 Å². The Bertz CT molecular complexity index is 495. The second-order valence-electron chi connectivity index (χ2n) is 4.44. The summed E-state index contributed by atoms with van der Waals surface area (Å²) in [5, 5.41) is 0. The van der Waals surface area contributed by atoms with Crippen LogP contribution < -0.4 is 4.74 Å². The van der Waals surface area contributed by atoms with Crippen LogP contribution in [0.2, 0.25) is 0 Å². The highest BCUT2D eigenvalue weighted by Gasteiger charge is 2.00. The van der Waals surface area contributed by atoms with Gasteiger partial charge >= 0.3 is 0 Å². The molecule has 0 aliphatic rings. The molecule has 3 heteroatoms. The largest absolute Gasteiger partial charge is 0.497 e. The van der Waals surface area contributed by atoms with E-state index in [4.69, 9.17) is 4.74 Å². The summed E-state index contributed by atoms with van der Waals surface area (Å²) < 4.78 is 5.04. The van der Waals surface area contributed by atoms with E-state index in [9.17, 15) is 9.59 Å². The Kier molecular flexibility index (Phi) is 7.04. The molecule has 1 aromatic carbocycles. The number of ketones is 2. The van der Waals surface area contributed by atoms with Gasteiger partial charge in [-0.3, -0.25) is 9.59 Å². The minimum Gasteiger partial charge on any atom is -0.497 e. The van der Waals surface area contributed by atoms with Gasteiger partial charge < -0.3 is 4.74 Å². The van der Waals surface area contributed by atoms with Crippen LogP contribution in [-0.2, 0) is 4.79 Å². The summed E-state index contributed by atoms with van der Waals surface area (Å²) in [4.78, 5) is 22.5. The van der Waals surface area contributed by atoms with Gasteiger partial charge in [0.1, 0.15) is 5.75 Å².